The molecule has 1 saturated heterocycles. The zero-order valence-corrected chi connectivity index (χ0v) is 15.6. The van der Waals surface area contributed by atoms with Gasteiger partial charge >= 0.3 is 0 Å². The number of nitro groups is 1. The van der Waals surface area contributed by atoms with Gasteiger partial charge in [-0.25, -0.2) is 0 Å². The average molecular weight is 386 g/mol. The number of aryl methyl sites for hydroxylation is 1. The van der Waals surface area contributed by atoms with Crippen molar-refractivity contribution in [3.8, 4) is 0 Å². The van der Waals surface area contributed by atoms with Crippen LogP contribution in [-0.2, 0) is 0 Å². The molecule has 0 bridgehead atoms. The van der Waals surface area contributed by atoms with Crippen LogP contribution in [-0.4, -0.2) is 65.8 Å². The highest BCUT2D eigenvalue weighted by Crippen LogP contribution is 2.24. The lowest BCUT2D eigenvalue weighted by Gasteiger charge is -2.34. The Kier molecular flexibility index (Phi) is 6.05. The van der Waals surface area contributed by atoms with Gasteiger partial charge in [-0.15, -0.1) is 0 Å². The normalized spacial score (nSPS) is 14.7. The van der Waals surface area contributed by atoms with Crippen molar-refractivity contribution in [1.29, 1.82) is 0 Å². The van der Waals surface area contributed by atoms with Crippen LogP contribution in [0.4, 0.5) is 5.69 Å². The third-order valence-corrected chi connectivity index (χ3v) is 4.77. The van der Waals surface area contributed by atoms with Gasteiger partial charge in [0.1, 0.15) is 5.56 Å². The first-order chi connectivity index (χ1) is 13.5. The summed E-state index contributed by atoms with van der Waals surface area (Å²) >= 11 is 0. The predicted molar refractivity (Wildman–Crippen MR) is 101 cm³/mol. The standard InChI is InChI=1S/C19H22N4O5/c1-14-4-2-5-15(17(14)23(26)27)19(25)22-11-9-21(10-12-22)8-7-20-18(24)16-6-3-13-28-16/h2-6,13H,7-12H2,1H3,(H,20,24). The molecule has 9 nitrogen and oxygen atoms in total. The maximum Gasteiger partial charge on any atom is 0.287 e. The molecule has 0 atom stereocenters. The van der Waals surface area contributed by atoms with Crippen LogP contribution in [0.3, 0.4) is 0 Å². The van der Waals surface area contributed by atoms with E-state index in [-0.39, 0.29) is 28.8 Å². The van der Waals surface area contributed by atoms with Crippen LogP contribution in [0.25, 0.3) is 0 Å². The van der Waals surface area contributed by atoms with Gasteiger partial charge in [0.05, 0.1) is 11.2 Å². The molecule has 0 radical (unpaired) electrons. The Morgan fingerprint density at radius 2 is 1.93 bits per heavy atom. The minimum Gasteiger partial charge on any atom is -0.459 e. The topological polar surface area (TPSA) is 109 Å². The first kappa shape index (κ1) is 19.6. The smallest absolute Gasteiger partial charge is 0.287 e. The molecule has 2 aromatic rings. The second kappa shape index (κ2) is 8.66. The largest absolute Gasteiger partial charge is 0.459 e. The Balaban J connectivity index is 1.50. The lowest BCUT2D eigenvalue weighted by atomic mass is 10.1. The highest BCUT2D eigenvalue weighted by molar-refractivity contribution is 5.98. The molecule has 0 saturated carbocycles. The van der Waals surface area contributed by atoms with Crippen molar-refractivity contribution in [2.75, 3.05) is 39.3 Å². The number of furan rings is 1. The van der Waals surface area contributed by atoms with Gasteiger partial charge < -0.3 is 14.6 Å². The Bertz CT molecular complexity index is 857. The first-order valence-corrected chi connectivity index (χ1v) is 9.04. The molecule has 2 amide bonds. The van der Waals surface area contributed by atoms with Gasteiger partial charge in [0.25, 0.3) is 17.5 Å². The Morgan fingerprint density at radius 1 is 1.18 bits per heavy atom. The molecule has 28 heavy (non-hydrogen) atoms. The van der Waals surface area contributed by atoms with Gasteiger partial charge in [-0.2, -0.15) is 0 Å². The van der Waals surface area contributed by atoms with Gasteiger partial charge in [-0.05, 0) is 25.1 Å². The van der Waals surface area contributed by atoms with Crippen LogP contribution in [0.2, 0.25) is 0 Å². The number of nitrogens with zero attached hydrogens (tertiary/aromatic N) is 3. The van der Waals surface area contributed by atoms with Crippen molar-refractivity contribution in [3.05, 3.63) is 63.6 Å². The summed E-state index contributed by atoms with van der Waals surface area (Å²) in [5.41, 5.74) is 0.474. The van der Waals surface area contributed by atoms with Crippen molar-refractivity contribution in [2.45, 2.75) is 6.92 Å². The number of benzene rings is 1. The zero-order valence-electron chi connectivity index (χ0n) is 15.6. The molecule has 1 aromatic carbocycles. The summed E-state index contributed by atoms with van der Waals surface area (Å²) in [5.74, 6) is -0.304. The predicted octanol–water partition coefficient (Wildman–Crippen LogP) is 1.68. The molecule has 2 heterocycles. The molecule has 0 spiro atoms. The number of hydrogen-bond acceptors (Lipinski definition) is 6. The number of nitro benzene ring substituents is 1. The number of rotatable bonds is 6. The number of nitrogens with one attached hydrogen (secondary N) is 1. The van der Waals surface area contributed by atoms with Crippen molar-refractivity contribution in [2.24, 2.45) is 0 Å². The van der Waals surface area contributed by atoms with E-state index in [9.17, 15) is 19.7 Å². The average Bonchev–Trinajstić information content (AvgIpc) is 3.22. The number of amides is 2. The van der Waals surface area contributed by atoms with E-state index in [1.54, 1.807) is 36.1 Å². The second-order valence-electron chi connectivity index (χ2n) is 6.60. The fourth-order valence-electron chi connectivity index (χ4n) is 3.24. The fraction of sp³-hybridized carbons (Fsp3) is 0.368. The first-order valence-electron chi connectivity index (χ1n) is 9.04. The van der Waals surface area contributed by atoms with Gasteiger partial charge in [0.15, 0.2) is 5.76 Å². The summed E-state index contributed by atoms with van der Waals surface area (Å²) in [6.45, 7) is 5.00. The quantitative estimate of drug-likeness (QED) is 0.598. The molecule has 0 unspecified atom stereocenters. The third kappa shape index (κ3) is 4.37. The summed E-state index contributed by atoms with van der Waals surface area (Å²) in [7, 11) is 0. The molecule has 1 aliphatic rings. The maximum atomic E-state index is 12.8. The van der Waals surface area contributed by atoms with E-state index >= 15 is 0 Å². The second-order valence-corrected chi connectivity index (χ2v) is 6.60. The van der Waals surface area contributed by atoms with E-state index in [4.69, 9.17) is 4.42 Å². The summed E-state index contributed by atoms with van der Waals surface area (Å²) < 4.78 is 5.04. The molecule has 0 aliphatic carbocycles. The van der Waals surface area contributed by atoms with E-state index in [0.717, 1.165) is 0 Å². The number of hydrogen-bond donors (Lipinski definition) is 1. The zero-order chi connectivity index (χ0) is 20.1. The minimum absolute atomic E-state index is 0.129. The van der Waals surface area contributed by atoms with Gasteiger partial charge in [-0.3, -0.25) is 24.6 Å². The highest BCUT2D eigenvalue weighted by Gasteiger charge is 2.28. The Hall–Kier alpha value is -3.20. The molecule has 1 aliphatic heterocycles. The summed E-state index contributed by atoms with van der Waals surface area (Å²) in [5, 5.41) is 14.1. The van der Waals surface area contributed by atoms with Crippen molar-refractivity contribution < 1.29 is 18.9 Å². The van der Waals surface area contributed by atoms with Crippen LogP contribution >= 0.6 is 0 Å². The lowest BCUT2D eigenvalue weighted by molar-refractivity contribution is -0.385. The Labute approximate surface area is 162 Å². The van der Waals surface area contributed by atoms with Crippen LogP contribution in [0, 0.1) is 17.0 Å². The van der Waals surface area contributed by atoms with Gasteiger partial charge in [-0.1, -0.05) is 12.1 Å². The number of para-hydroxylation sites is 1. The minimum atomic E-state index is -0.499. The summed E-state index contributed by atoms with van der Waals surface area (Å²) in [6.07, 6.45) is 1.45. The SMILES string of the molecule is Cc1cccc(C(=O)N2CCN(CCNC(=O)c3ccco3)CC2)c1[N+](=O)[O-]. The molecule has 1 aromatic heterocycles. The number of carbonyl (C=O) groups is 2. The highest BCUT2D eigenvalue weighted by atomic mass is 16.6. The summed E-state index contributed by atoms with van der Waals surface area (Å²) in [6, 6.07) is 8.05. The Morgan fingerprint density at radius 3 is 2.57 bits per heavy atom. The van der Waals surface area contributed by atoms with Crippen LogP contribution < -0.4 is 5.32 Å². The third-order valence-electron chi connectivity index (χ3n) is 4.77. The van der Waals surface area contributed by atoms with E-state index in [1.165, 1.54) is 12.3 Å². The fourth-order valence-corrected chi connectivity index (χ4v) is 3.24. The van der Waals surface area contributed by atoms with Crippen LogP contribution in [0.1, 0.15) is 26.5 Å². The number of carbonyl (C=O) groups excluding carboxylic acids is 2. The number of piperazine rings is 1. The van der Waals surface area contributed by atoms with Crippen molar-refractivity contribution >= 4 is 17.5 Å². The van der Waals surface area contributed by atoms with Gasteiger partial charge in [0.2, 0.25) is 0 Å². The van der Waals surface area contributed by atoms with E-state index in [2.05, 4.69) is 10.2 Å². The van der Waals surface area contributed by atoms with Gasteiger partial charge in [0, 0.05) is 44.8 Å². The molecular weight excluding hydrogens is 364 g/mol. The molecule has 148 valence electrons. The maximum absolute atomic E-state index is 12.8. The van der Waals surface area contributed by atoms with E-state index in [1.807, 2.05) is 0 Å². The monoisotopic (exact) mass is 386 g/mol. The molecule has 1 fully saturated rings. The van der Waals surface area contributed by atoms with Crippen LogP contribution in [0.15, 0.2) is 41.0 Å². The van der Waals surface area contributed by atoms with E-state index < -0.39 is 4.92 Å². The van der Waals surface area contributed by atoms with E-state index in [0.29, 0.717) is 44.8 Å². The summed E-state index contributed by atoms with van der Waals surface area (Å²) in [4.78, 5) is 39.2. The lowest BCUT2D eigenvalue weighted by Crippen LogP contribution is -2.50. The molecule has 3 rings (SSSR count). The van der Waals surface area contributed by atoms with Crippen molar-refractivity contribution in [1.82, 2.24) is 15.1 Å². The molecule has 9 heteroatoms. The molecule has 1 N–H and O–H groups in total. The molecular formula is C19H22N4O5. The van der Waals surface area contributed by atoms with Crippen molar-refractivity contribution in [3.63, 3.8) is 0 Å². The van der Waals surface area contributed by atoms with Crippen LogP contribution in [0.5, 0.6) is 0 Å².